The SMILES string of the molecule is CCCSC1=NN2C(=c3ccccc3=N[C@H]2c2ccc(N(C)C)cc2)C(=O)N1. The van der Waals surface area contributed by atoms with Crippen molar-refractivity contribution in [3.63, 3.8) is 0 Å². The molecule has 2 aromatic carbocycles. The summed E-state index contributed by atoms with van der Waals surface area (Å²) in [5.41, 5.74) is 2.66. The molecule has 1 amide bonds. The highest BCUT2D eigenvalue weighted by atomic mass is 32.2. The Morgan fingerprint density at radius 3 is 2.61 bits per heavy atom. The topological polar surface area (TPSA) is 60.3 Å². The molecule has 6 nitrogen and oxygen atoms in total. The highest BCUT2D eigenvalue weighted by molar-refractivity contribution is 8.13. The van der Waals surface area contributed by atoms with Crippen LogP contribution in [0.25, 0.3) is 5.70 Å². The standard InChI is InChI=1S/C21H23N5OS/c1-4-13-28-21-23-20(27)18-16-7-5-6-8-17(16)22-19(26(18)24-21)14-9-11-15(12-10-14)25(2)3/h5-12,19H,4,13H2,1-3H3,(H,23,24,27)/t19-/m1/s1. The van der Waals surface area contributed by atoms with Gasteiger partial charge in [-0.2, -0.15) is 0 Å². The number of nitrogens with zero attached hydrogens (tertiary/aromatic N) is 4. The molecule has 0 saturated heterocycles. The summed E-state index contributed by atoms with van der Waals surface area (Å²) in [6.45, 7) is 2.11. The van der Waals surface area contributed by atoms with Gasteiger partial charge in [-0.1, -0.05) is 49.0 Å². The lowest BCUT2D eigenvalue weighted by molar-refractivity contribution is -0.116. The average Bonchev–Trinajstić information content (AvgIpc) is 2.71. The van der Waals surface area contributed by atoms with Crippen molar-refractivity contribution in [2.24, 2.45) is 10.1 Å². The second-order valence-corrected chi connectivity index (χ2v) is 7.99. The fourth-order valence-corrected chi connectivity index (χ4v) is 3.96. The average molecular weight is 394 g/mol. The van der Waals surface area contributed by atoms with E-state index in [4.69, 9.17) is 10.1 Å². The van der Waals surface area contributed by atoms with Crippen LogP contribution in [0, 0.1) is 0 Å². The van der Waals surface area contributed by atoms with Crippen molar-refractivity contribution < 1.29 is 4.79 Å². The second kappa shape index (κ2) is 7.67. The van der Waals surface area contributed by atoms with Crippen LogP contribution in [0.1, 0.15) is 25.1 Å². The number of hydrogen-bond donors (Lipinski definition) is 1. The summed E-state index contributed by atoms with van der Waals surface area (Å²) in [5.74, 6) is 0.768. The lowest BCUT2D eigenvalue weighted by Gasteiger charge is -2.34. The van der Waals surface area contributed by atoms with E-state index in [1.165, 1.54) is 0 Å². The van der Waals surface area contributed by atoms with Crippen molar-refractivity contribution in [1.82, 2.24) is 10.3 Å². The third-order valence-corrected chi connectivity index (χ3v) is 5.74. The number of fused-ring (bicyclic) bond motifs is 2. The first-order chi connectivity index (χ1) is 13.6. The van der Waals surface area contributed by atoms with Crippen LogP contribution in [0.15, 0.2) is 58.6 Å². The van der Waals surface area contributed by atoms with Gasteiger partial charge in [0.05, 0.1) is 5.36 Å². The van der Waals surface area contributed by atoms with E-state index in [2.05, 4.69) is 41.4 Å². The minimum atomic E-state index is -0.371. The van der Waals surface area contributed by atoms with E-state index in [-0.39, 0.29) is 12.1 Å². The maximum absolute atomic E-state index is 13.0. The largest absolute Gasteiger partial charge is 0.378 e. The quantitative estimate of drug-likeness (QED) is 0.864. The Balaban J connectivity index is 1.84. The summed E-state index contributed by atoms with van der Waals surface area (Å²) < 4.78 is 0. The molecule has 0 unspecified atom stereocenters. The summed E-state index contributed by atoms with van der Waals surface area (Å²) in [5, 5.41) is 11.7. The van der Waals surface area contributed by atoms with E-state index in [0.29, 0.717) is 10.9 Å². The Labute approximate surface area is 168 Å². The van der Waals surface area contributed by atoms with Gasteiger partial charge in [0, 0.05) is 30.8 Å². The van der Waals surface area contributed by atoms with Gasteiger partial charge in [-0.15, -0.1) is 5.10 Å². The number of benzene rings is 2. The Bertz CT molecular complexity index is 1050. The van der Waals surface area contributed by atoms with Crippen molar-refractivity contribution in [3.05, 3.63) is 64.7 Å². The van der Waals surface area contributed by atoms with Crippen molar-refractivity contribution in [1.29, 1.82) is 0 Å². The third-order valence-electron chi connectivity index (χ3n) is 4.67. The van der Waals surface area contributed by atoms with E-state index in [1.54, 1.807) is 16.8 Å². The molecule has 0 aromatic heterocycles. The van der Waals surface area contributed by atoms with E-state index < -0.39 is 0 Å². The smallest absolute Gasteiger partial charge is 0.276 e. The van der Waals surface area contributed by atoms with Gasteiger partial charge in [-0.05, 0) is 30.2 Å². The van der Waals surface area contributed by atoms with Crippen molar-refractivity contribution in [2.75, 3.05) is 24.7 Å². The van der Waals surface area contributed by atoms with Crippen LogP contribution in [0.3, 0.4) is 0 Å². The van der Waals surface area contributed by atoms with Gasteiger partial charge >= 0.3 is 0 Å². The fourth-order valence-electron chi connectivity index (χ4n) is 3.25. The number of nitrogens with one attached hydrogen (secondary N) is 1. The molecule has 0 saturated carbocycles. The predicted molar refractivity (Wildman–Crippen MR) is 114 cm³/mol. The number of amides is 1. The molecule has 28 heavy (non-hydrogen) atoms. The van der Waals surface area contributed by atoms with Gasteiger partial charge in [-0.3, -0.25) is 15.1 Å². The Morgan fingerprint density at radius 1 is 1.14 bits per heavy atom. The number of para-hydroxylation sites is 1. The van der Waals surface area contributed by atoms with Gasteiger partial charge in [0.25, 0.3) is 5.91 Å². The monoisotopic (exact) mass is 393 g/mol. The molecule has 0 spiro atoms. The molecular weight excluding hydrogens is 370 g/mol. The van der Waals surface area contributed by atoms with Crippen LogP contribution >= 0.6 is 11.8 Å². The molecule has 4 rings (SSSR count). The molecule has 0 radical (unpaired) electrons. The van der Waals surface area contributed by atoms with Gasteiger partial charge in [0.15, 0.2) is 11.3 Å². The molecular formula is C21H23N5OS. The van der Waals surface area contributed by atoms with Crippen LogP contribution in [0.4, 0.5) is 5.69 Å². The zero-order chi connectivity index (χ0) is 19.7. The maximum Gasteiger partial charge on any atom is 0.276 e. The normalized spacial score (nSPS) is 17.9. The van der Waals surface area contributed by atoms with E-state index >= 15 is 0 Å². The highest BCUT2D eigenvalue weighted by Crippen LogP contribution is 2.31. The number of carbonyl (C=O) groups excluding carboxylic acids is 1. The highest BCUT2D eigenvalue weighted by Gasteiger charge is 2.34. The van der Waals surface area contributed by atoms with Crippen LogP contribution in [-0.2, 0) is 4.79 Å². The molecule has 0 aliphatic carbocycles. The number of amidine groups is 1. The van der Waals surface area contributed by atoms with Crippen LogP contribution in [0.5, 0.6) is 0 Å². The van der Waals surface area contributed by atoms with Gasteiger partial charge < -0.3 is 4.90 Å². The van der Waals surface area contributed by atoms with Crippen molar-refractivity contribution >= 4 is 34.2 Å². The minimum absolute atomic E-state index is 0.133. The molecule has 1 N–H and O–H groups in total. The predicted octanol–water partition coefficient (Wildman–Crippen LogP) is 2.04. The van der Waals surface area contributed by atoms with Gasteiger partial charge in [0.2, 0.25) is 0 Å². The lowest BCUT2D eigenvalue weighted by atomic mass is 10.1. The molecule has 2 aliphatic heterocycles. The molecule has 0 bridgehead atoms. The Hall–Kier alpha value is -2.80. The summed E-state index contributed by atoms with van der Waals surface area (Å²) >= 11 is 1.56. The molecule has 1 atom stereocenters. The van der Waals surface area contributed by atoms with Gasteiger partial charge in [0.1, 0.15) is 5.70 Å². The van der Waals surface area contributed by atoms with Gasteiger partial charge in [-0.25, -0.2) is 5.01 Å². The summed E-state index contributed by atoms with van der Waals surface area (Å²) in [6.07, 6.45) is 0.642. The van der Waals surface area contributed by atoms with Crippen molar-refractivity contribution in [3.8, 4) is 0 Å². The Kier molecular flexibility index (Phi) is 5.09. The molecule has 144 valence electrons. The van der Waals surface area contributed by atoms with E-state index in [9.17, 15) is 4.79 Å². The first-order valence-electron chi connectivity index (χ1n) is 9.35. The molecule has 0 fully saturated rings. The minimum Gasteiger partial charge on any atom is -0.378 e. The zero-order valence-electron chi connectivity index (χ0n) is 16.2. The van der Waals surface area contributed by atoms with Crippen LogP contribution in [-0.4, -0.2) is 35.9 Å². The van der Waals surface area contributed by atoms with Crippen LogP contribution in [0.2, 0.25) is 0 Å². The Morgan fingerprint density at radius 2 is 1.89 bits per heavy atom. The fraction of sp³-hybridized carbons (Fsp3) is 0.286. The summed E-state index contributed by atoms with van der Waals surface area (Å²) in [7, 11) is 4.03. The first-order valence-corrected chi connectivity index (χ1v) is 10.3. The number of anilines is 1. The first kappa shape index (κ1) is 18.6. The maximum atomic E-state index is 13.0. The molecule has 2 aromatic rings. The number of rotatable bonds is 4. The second-order valence-electron chi connectivity index (χ2n) is 6.91. The zero-order valence-corrected chi connectivity index (χ0v) is 17.0. The lowest BCUT2D eigenvalue weighted by Crippen LogP contribution is -2.50. The van der Waals surface area contributed by atoms with E-state index in [1.807, 2.05) is 38.4 Å². The third kappa shape index (κ3) is 3.38. The van der Waals surface area contributed by atoms with Crippen molar-refractivity contribution in [2.45, 2.75) is 19.5 Å². The molecule has 7 heteroatoms. The number of hydrogen-bond acceptors (Lipinski definition) is 6. The number of carbonyl (C=O) groups is 1. The van der Waals surface area contributed by atoms with Crippen LogP contribution < -0.4 is 20.8 Å². The summed E-state index contributed by atoms with van der Waals surface area (Å²) in [6, 6.07) is 16.0. The molecule has 2 heterocycles. The number of hydrazone groups is 1. The molecule has 2 aliphatic rings. The van der Waals surface area contributed by atoms with E-state index in [0.717, 1.165) is 34.0 Å². The number of thioether (sulfide) groups is 1. The summed E-state index contributed by atoms with van der Waals surface area (Å²) in [4.78, 5) is 19.9.